The third-order valence-corrected chi connectivity index (χ3v) is 3.12. The van der Waals surface area contributed by atoms with Crippen molar-refractivity contribution >= 4 is 15.9 Å². The molecular weight excluding hydrogens is 282 g/mol. The van der Waals surface area contributed by atoms with Crippen molar-refractivity contribution in [1.29, 1.82) is 0 Å². The van der Waals surface area contributed by atoms with Crippen molar-refractivity contribution in [1.82, 2.24) is 10.2 Å². The van der Waals surface area contributed by atoms with Gasteiger partial charge in [-0.2, -0.15) is 0 Å². The Morgan fingerprint density at radius 2 is 2.18 bits per heavy atom. The van der Waals surface area contributed by atoms with Gasteiger partial charge in [-0.1, -0.05) is 28.9 Å². The zero-order valence-electron chi connectivity index (χ0n) is 9.77. The maximum absolute atomic E-state index is 5.85. The number of benzene rings is 1. The Kier molecular flexibility index (Phi) is 3.59. The summed E-state index contributed by atoms with van der Waals surface area (Å²) in [6.45, 7) is 3.99. The van der Waals surface area contributed by atoms with Gasteiger partial charge in [-0.05, 0) is 31.0 Å². The Bertz CT molecular complexity index is 524. The second kappa shape index (κ2) is 4.98. The van der Waals surface area contributed by atoms with Gasteiger partial charge in [0, 0.05) is 10.0 Å². The van der Waals surface area contributed by atoms with E-state index in [0.717, 1.165) is 22.0 Å². The molecule has 17 heavy (non-hydrogen) atoms. The first-order valence-electron chi connectivity index (χ1n) is 5.47. The summed E-state index contributed by atoms with van der Waals surface area (Å²) >= 11 is 3.43. The van der Waals surface area contributed by atoms with Gasteiger partial charge in [0.1, 0.15) is 0 Å². The smallest absolute Gasteiger partial charge is 0.248 e. The molecule has 0 aliphatic carbocycles. The highest BCUT2D eigenvalue weighted by molar-refractivity contribution is 9.10. The molecular formula is C12H14BrN3O. The van der Waals surface area contributed by atoms with Gasteiger partial charge < -0.3 is 10.2 Å². The van der Waals surface area contributed by atoms with E-state index in [1.54, 1.807) is 0 Å². The molecule has 0 spiro atoms. The number of hydrogen-bond acceptors (Lipinski definition) is 4. The molecule has 0 amide bonds. The van der Waals surface area contributed by atoms with Crippen molar-refractivity contribution in [3.05, 3.63) is 34.1 Å². The lowest BCUT2D eigenvalue weighted by molar-refractivity contribution is 0.452. The molecule has 0 saturated heterocycles. The minimum Gasteiger partial charge on any atom is -0.419 e. The van der Waals surface area contributed by atoms with Gasteiger partial charge in [-0.25, -0.2) is 0 Å². The van der Waals surface area contributed by atoms with E-state index in [0.29, 0.717) is 11.8 Å². The van der Waals surface area contributed by atoms with Crippen LogP contribution in [0.2, 0.25) is 0 Å². The van der Waals surface area contributed by atoms with Gasteiger partial charge in [0.2, 0.25) is 11.8 Å². The van der Waals surface area contributed by atoms with Crippen molar-refractivity contribution < 1.29 is 4.42 Å². The van der Waals surface area contributed by atoms with E-state index in [-0.39, 0.29) is 6.04 Å². The van der Waals surface area contributed by atoms with Crippen molar-refractivity contribution in [3.8, 4) is 11.5 Å². The van der Waals surface area contributed by atoms with E-state index < -0.39 is 0 Å². The molecule has 1 atom stereocenters. The summed E-state index contributed by atoms with van der Waals surface area (Å²) in [5.41, 5.74) is 7.87. The first-order valence-corrected chi connectivity index (χ1v) is 6.26. The highest BCUT2D eigenvalue weighted by atomic mass is 79.9. The Labute approximate surface area is 108 Å². The molecule has 0 saturated carbocycles. The monoisotopic (exact) mass is 295 g/mol. The Morgan fingerprint density at radius 1 is 1.41 bits per heavy atom. The molecule has 1 aromatic heterocycles. The predicted octanol–water partition coefficient (Wildman–Crippen LogP) is 3.22. The van der Waals surface area contributed by atoms with Crippen LogP contribution in [0.3, 0.4) is 0 Å². The van der Waals surface area contributed by atoms with Crippen LogP contribution < -0.4 is 5.73 Å². The zero-order valence-corrected chi connectivity index (χ0v) is 11.4. The largest absolute Gasteiger partial charge is 0.419 e. The van der Waals surface area contributed by atoms with E-state index >= 15 is 0 Å². The molecule has 2 N–H and O–H groups in total. The average molecular weight is 296 g/mol. The number of aromatic nitrogens is 2. The second-order valence-electron chi connectivity index (χ2n) is 3.92. The van der Waals surface area contributed by atoms with Gasteiger partial charge in [0.05, 0.1) is 6.04 Å². The lowest BCUT2D eigenvalue weighted by Crippen LogP contribution is -2.08. The van der Waals surface area contributed by atoms with Crippen LogP contribution in [0.5, 0.6) is 0 Å². The van der Waals surface area contributed by atoms with Crippen LogP contribution in [0.25, 0.3) is 11.5 Å². The minimum atomic E-state index is -0.191. The first-order chi connectivity index (χ1) is 8.11. The van der Waals surface area contributed by atoms with E-state index in [9.17, 15) is 0 Å². The standard InChI is InChI=1S/C12H14BrN3O/c1-3-10(14)12-16-15-11(17-12)9-6-8(13)5-4-7(9)2/h4-6,10H,3,14H2,1-2H3. The van der Waals surface area contributed by atoms with Crippen LogP contribution in [0.4, 0.5) is 0 Å². The number of nitrogens with zero attached hydrogens (tertiary/aromatic N) is 2. The second-order valence-corrected chi connectivity index (χ2v) is 4.84. The Hall–Kier alpha value is -1.20. The van der Waals surface area contributed by atoms with Crippen molar-refractivity contribution in [3.63, 3.8) is 0 Å². The third-order valence-electron chi connectivity index (χ3n) is 2.63. The van der Waals surface area contributed by atoms with Crippen LogP contribution in [-0.2, 0) is 0 Å². The molecule has 0 aliphatic heterocycles. The summed E-state index contributed by atoms with van der Waals surface area (Å²) in [6, 6.07) is 5.75. The molecule has 4 nitrogen and oxygen atoms in total. The lowest BCUT2D eigenvalue weighted by Gasteiger charge is -2.02. The summed E-state index contributed by atoms with van der Waals surface area (Å²) in [5, 5.41) is 8.02. The van der Waals surface area contributed by atoms with E-state index in [2.05, 4.69) is 26.1 Å². The molecule has 0 bridgehead atoms. The molecule has 1 aromatic carbocycles. The van der Waals surface area contributed by atoms with E-state index in [1.807, 2.05) is 32.0 Å². The van der Waals surface area contributed by atoms with Crippen LogP contribution in [-0.4, -0.2) is 10.2 Å². The number of hydrogen-bond donors (Lipinski definition) is 1. The summed E-state index contributed by atoms with van der Waals surface area (Å²) in [7, 11) is 0. The summed E-state index contributed by atoms with van der Waals surface area (Å²) < 4.78 is 6.57. The van der Waals surface area contributed by atoms with E-state index in [4.69, 9.17) is 10.2 Å². The normalized spacial score (nSPS) is 12.7. The number of aryl methyl sites for hydroxylation is 1. The Morgan fingerprint density at radius 3 is 2.88 bits per heavy atom. The fourth-order valence-corrected chi connectivity index (χ4v) is 1.85. The summed E-state index contributed by atoms with van der Waals surface area (Å²) in [4.78, 5) is 0. The fourth-order valence-electron chi connectivity index (χ4n) is 1.49. The van der Waals surface area contributed by atoms with Gasteiger partial charge in [-0.15, -0.1) is 10.2 Å². The number of halogens is 1. The zero-order chi connectivity index (χ0) is 12.4. The van der Waals surface area contributed by atoms with Crippen LogP contribution >= 0.6 is 15.9 Å². The molecule has 1 heterocycles. The number of nitrogens with two attached hydrogens (primary N) is 1. The molecule has 0 fully saturated rings. The third kappa shape index (κ3) is 2.56. The fraction of sp³-hybridized carbons (Fsp3) is 0.333. The highest BCUT2D eigenvalue weighted by Crippen LogP contribution is 2.26. The molecule has 0 aliphatic rings. The number of rotatable bonds is 3. The molecule has 5 heteroatoms. The van der Waals surface area contributed by atoms with Crippen molar-refractivity contribution in [2.75, 3.05) is 0 Å². The predicted molar refractivity (Wildman–Crippen MR) is 69.4 cm³/mol. The lowest BCUT2D eigenvalue weighted by atomic mass is 10.1. The summed E-state index contributed by atoms with van der Waals surface area (Å²) in [6.07, 6.45) is 0.777. The maximum Gasteiger partial charge on any atom is 0.248 e. The minimum absolute atomic E-state index is 0.191. The van der Waals surface area contributed by atoms with Crippen LogP contribution in [0.1, 0.15) is 30.8 Å². The molecule has 1 unspecified atom stereocenters. The van der Waals surface area contributed by atoms with Crippen LogP contribution in [0.15, 0.2) is 27.1 Å². The Balaban J connectivity index is 2.40. The molecule has 90 valence electrons. The molecule has 0 radical (unpaired) electrons. The highest BCUT2D eigenvalue weighted by Gasteiger charge is 2.15. The molecule has 2 aromatic rings. The average Bonchev–Trinajstić information content (AvgIpc) is 2.80. The van der Waals surface area contributed by atoms with Gasteiger partial charge in [0.25, 0.3) is 0 Å². The van der Waals surface area contributed by atoms with Crippen LogP contribution in [0, 0.1) is 6.92 Å². The SMILES string of the molecule is CCC(N)c1nnc(-c2cc(Br)ccc2C)o1. The molecule has 2 rings (SSSR count). The maximum atomic E-state index is 5.85. The van der Waals surface area contributed by atoms with Gasteiger partial charge >= 0.3 is 0 Å². The quantitative estimate of drug-likeness (QED) is 0.944. The first kappa shape index (κ1) is 12.3. The van der Waals surface area contributed by atoms with Gasteiger partial charge in [0.15, 0.2) is 0 Å². The topological polar surface area (TPSA) is 64.9 Å². The summed E-state index contributed by atoms with van der Waals surface area (Å²) in [5.74, 6) is 1.00. The van der Waals surface area contributed by atoms with Crippen molar-refractivity contribution in [2.24, 2.45) is 5.73 Å². The van der Waals surface area contributed by atoms with E-state index in [1.165, 1.54) is 0 Å². The van der Waals surface area contributed by atoms with Gasteiger partial charge in [-0.3, -0.25) is 0 Å². The van der Waals surface area contributed by atoms with Crippen molar-refractivity contribution in [2.45, 2.75) is 26.3 Å².